The number of aromatic nitrogens is 4. The minimum atomic E-state index is -0.130. The van der Waals surface area contributed by atoms with Crippen LogP contribution in [-0.2, 0) is 16.0 Å². The first-order valence-corrected chi connectivity index (χ1v) is 22.2. The number of nitrogens with one attached hydrogen (secondary N) is 1. The van der Waals surface area contributed by atoms with E-state index in [0.29, 0.717) is 34.9 Å². The van der Waals surface area contributed by atoms with Gasteiger partial charge in [0.05, 0.1) is 34.7 Å². The van der Waals surface area contributed by atoms with Crippen LogP contribution in [-0.4, -0.2) is 132 Å². The Balaban J connectivity index is 0.000000294. The number of likely N-dealkylation sites (N-methyl/N-ethyl adjacent to an activating group) is 2. The van der Waals surface area contributed by atoms with Crippen LogP contribution < -0.4 is 9.80 Å². The average molecular weight is 956 g/mol. The highest BCUT2D eigenvalue weighted by Gasteiger charge is 2.37. The normalized spacial score (nSPS) is 18.4. The molecule has 0 bridgehead atoms. The number of likely N-dealkylation sites (tertiary alicyclic amines) is 1. The fraction of sp³-hybridized carbons (Fsp3) is 0.442. The summed E-state index contributed by atoms with van der Waals surface area (Å²) < 4.78 is 0. The van der Waals surface area contributed by atoms with Gasteiger partial charge in [-0.25, -0.2) is 4.98 Å². The second-order valence-electron chi connectivity index (χ2n) is 16.7. The van der Waals surface area contributed by atoms with Crippen molar-refractivity contribution in [2.45, 2.75) is 81.8 Å². The largest absolute Gasteiger partial charge is 0.369 e. The number of anilines is 2. The highest BCUT2D eigenvalue weighted by atomic mass is 35.5. The fourth-order valence-electron chi connectivity index (χ4n) is 8.48. The number of aliphatic imine (C=N–C) groups is 1. The van der Waals surface area contributed by atoms with Crippen molar-refractivity contribution < 1.29 is 14.4 Å². The van der Waals surface area contributed by atoms with E-state index in [1.165, 1.54) is 17.4 Å². The molecular weight excluding hydrogens is 884 g/mol. The Kier molecular flexibility index (Phi) is 21.0. The van der Waals surface area contributed by atoms with Gasteiger partial charge < -0.3 is 24.6 Å². The summed E-state index contributed by atoms with van der Waals surface area (Å²) in [6, 6.07) is 15.8. The number of ketones is 2. The quantitative estimate of drug-likeness (QED) is 0.123. The minimum Gasteiger partial charge on any atom is -0.369 e. The summed E-state index contributed by atoms with van der Waals surface area (Å²) in [5.74, 6) is 1.12. The summed E-state index contributed by atoms with van der Waals surface area (Å²) in [5.41, 5.74) is 10.7. The number of nitrogens with zero attached hydrogens (tertiary/aromatic N) is 9. The number of halogens is 2. The number of Topliss-reactive ketones (excluding diaryl/α,β-unsaturated/α-hetero) is 1. The molecular formula is C52H72Cl2N10O3. The molecule has 67 heavy (non-hydrogen) atoms. The van der Waals surface area contributed by atoms with Crippen molar-refractivity contribution in [3.8, 4) is 0 Å². The fourth-order valence-corrected chi connectivity index (χ4v) is 8.79. The first-order chi connectivity index (χ1) is 30.3. The monoisotopic (exact) mass is 955 g/mol. The Morgan fingerprint density at radius 1 is 0.746 bits per heavy atom. The molecule has 0 saturated carbocycles. The number of piperazine rings is 2. The summed E-state index contributed by atoms with van der Waals surface area (Å²) in [7, 11) is 6.38. The standard InChI is InChI=1S/C24H29ClN6O.C17H21N3O.C7H6ClNO.4CH4/c1-15-17(25)7-8-26-22(15)20-13-16(32)14-21(30(20)3)24-27-18-5-4-6-19(23(18)28-24)31-11-9-29(2)10-12-31;1-13(21)6-7-14-12-15-16(18-14)4-3-5-17(15)20-10-8-19(2)9-11-20;1-5-6(8)2-3-9-7(5)4-10;;;;/h4-8,20-21H,9-14H2,1-3H3,(H,27,28);3-7H,8-12H2,1-2H3;2-4H,1H3;4*1H4/b;7-6+;;;;;. The van der Waals surface area contributed by atoms with E-state index < -0.39 is 0 Å². The number of aromatic amines is 1. The molecule has 0 aliphatic carbocycles. The molecule has 9 rings (SSSR count). The SMILES string of the molecule is C.C.C.C.CC(=O)/C=C/C1=Nc2cccc(N3CCN(C)CC3)c2C1.Cc1c(Cl)ccnc1C1CC(=O)CC(c2nc3c(N4CCN(C)CC4)cccc3[nH]2)N1C.Cc1c(Cl)ccnc1C=O. The smallest absolute Gasteiger partial charge is 0.168 e. The molecule has 15 heteroatoms. The van der Waals surface area contributed by atoms with Crippen molar-refractivity contribution in [1.29, 1.82) is 0 Å². The molecule has 2 unspecified atom stereocenters. The van der Waals surface area contributed by atoms with Crippen molar-refractivity contribution in [2.75, 3.05) is 83.3 Å². The van der Waals surface area contributed by atoms with Gasteiger partial charge in [0.2, 0.25) is 0 Å². The predicted octanol–water partition coefficient (Wildman–Crippen LogP) is 10.4. The third-order valence-electron chi connectivity index (χ3n) is 12.4. The van der Waals surface area contributed by atoms with Crippen LogP contribution in [0.1, 0.15) is 100 Å². The van der Waals surface area contributed by atoms with Crippen LogP contribution in [0.4, 0.5) is 17.1 Å². The van der Waals surface area contributed by atoms with Crippen molar-refractivity contribution in [3.05, 3.63) is 117 Å². The molecule has 4 aliphatic rings. The van der Waals surface area contributed by atoms with Crippen LogP contribution in [0.2, 0.25) is 10.0 Å². The van der Waals surface area contributed by atoms with Gasteiger partial charge in [0.1, 0.15) is 22.8 Å². The van der Waals surface area contributed by atoms with E-state index >= 15 is 0 Å². The molecule has 2 aromatic carbocycles. The summed E-state index contributed by atoms with van der Waals surface area (Å²) in [6.07, 6.45) is 9.07. The number of fused-ring (bicyclic) bond motifs is 2. The van der Waals surface area contributed by atoms with Crippen molar-refractivity contribution >= 4 is 74.9 Å². The van der Waals surface area contributed by atoms with Gasteiger partial charge in [-0.05, 0) is 102 Å². The Morgan fingerprint density at radius 3 is 1.93 bits per heavy atom. The topological polar surface area (TPSA) is 134 Å². The molecule has 3 saturated heterocycles. The summed E-state index contributed by atoms with van der Waals surface area (Å²) >= 11 is 12.0. The van der Waals surface area contributed by atoms with E-state index in [2.05, 4.69) is 102 Å². The Bertz CT molecular complexity index is 2520. The Hall–Kier alpha value is -5.31. The number of carbonyl (C=O) groups is 3. The van der Waals surface area contributed by atoms with Gasteiger partial charge in [0.15, 0.2) is 12.1 Å². The third kappa shape index (κ3) is 13.2. The van der Waals surface area contributed by atoms with Gasteiger partial charge in [0.25, 0.3) is 0 Å². The number of H-pyrrole nitrogens is 1. The molecule has 0 spiro atoms. The second-order valence-corrected chi connectivity index (χ2v) is 17.6. The van der Waals surface area contributed by atoms with Crippen molar-refractivity contribution in [1.82, 2.24) is 34.6 Å². The van der Waals surface area contributed by atoms with Crippen LogP contribution >= 0.6 is 23.2 Å². The number of imidazole rings is 1. The van der Waals surface area contributed by atoms with Gasteiger partial charge in [-0.2, -0.15) is 0 Å². The molecule has 13 nitrogen and oxygen atoms in total. The average Bonchev–Trinajstić information content (AvgIpc) is 3.92. The molecule has 4 aliphatic heterocycles. The number of carbonyl (C=O) groups excluding carboxylic acids is 3. The first kappa shape index (κ1) is 56.0. The molecule has 7 heterocycles. The maximum absolute atomic E-state index is 12.8. The number of rotatable bonds is 7. The molecule has 1 N–H and O–H groups in total. The van der Waals surface area contributed by atoms with E-state index in [4.69, 9.17) is 28.2 Å². The van der Waals surface area contributed by atoms with E-state index in [9.17, 15) is 14.4 Å². The lowest BCUT2D eigenvalue weighted by molar-refractivity contribution is -0.125. The Morgan fingerprint density at radius 2 is 1.31 bits per heavy atom. The summed E-state index contributed by atoms with van der Waals surface area (Å²) in [5, 5.41) is 1.26. The second kappa shape index (κ2) is 25.2. The highest BCUT2D eigenvalue weighted by molar-refractivity contribution is 6.31. The van der Waals surface area contributed by atoms with Gasteiger partial charge in [0, 0.05) is 111 Å². The lowest BCUT2D eigenvalue weighted by Gasteiger charge is -2.38. The molecule has 362 valence electrons. The van der Waals surface area contributed by atoms with Crippen molar-refractivity contribution in [2.24, 2.45) is 4.99 Å². The minimum absolute atomic E-state index is 0. The highest BCUT2D eigenvalue weighted by Crippen LogP contribution is 2.40. The Labute approximate surface area is 409 Å². The maximum atomic E-state index is 12.8. The molecule has 2 atom stereocenters. The van der Waals surface area contributed by atoms with Crippen LogP contribution in [0.25, 0.3) is 11.0 Å². The van der Waals surface area contributed by atoms with Crippen molar-refractivity contribution in [3.63, 3.8) is 0 Å². The maximum Gasteiger partial charge on any atom is 0.168 e. The third-order valence-corrected chi connectivity index (χ3v) is 13.2. The zero-order chi connectivity index (χ0) is 44.8. The lowest BCUT2D eigenvalue weighted by atomic mass is 9.91. The summed E-state index contributed by atoms with van der Waals surface area (Å²) in [4.78, 5) is 67.5. The number of aldehydes is 1. The molecule has 5 aromatic rings. The molecule has 3 aromatic heterocycles. The number of allylic oxidation sites excluding steroid dienone is 2. The number of piperidine rings is 1. The summed E-state index contributed by atoms with van der Waals surface area (Å²) in [6.45, 7) is 13.7. The zero-order valence-electron chi connectivity index (χ0n) is 36.9. The van der Waals surface area contributed by atoms with Crippen LogP contribution in [0, 0.1) is 13.8 Å². The number of para-hydroxylation sites is 1. The molecule has 0 radical (unpaired) electrons. The number of benzene rings is 2. The van der Waals surface area contributed by atoms with Gasteiger partial charge >= 0.3 is 0 Å². The van der Waals surface area contributed by atoms with Crippen LogP contribution in [0.3, 0.4) is 0 Å². The molecule has 0 amide bonds. The van der Waals surface area contributed by atoms with E-state index in [0.717, 1.165) is 110 Å². The van der Waals surface area contributed by atoms with E-state index in [1.54, 1.807) is 38.3 Å². The van der Waals surface area contributed by atoms with E-state index in [-0.39, 0.29) is 53.4 Å². The number of hydrogen-bond acceptors (Lipinski definition) is 12. The molecule has 3 fully saturated rings. The number of pyridine rings is 2. The lowest BCUT2D eigenvalue weighted by Crippen LogP contribution is -2.44. The van der Waals surface area contributed by atoms with Gasteiger partial charge in [-0.15, -0.1) is 0 Å². The van der Waals surface area contributed by atoms with E-state index in [1.807, 2.05) is 13.0 Å². The predicted molar refractivity (Wildman–Crippen MR) is 280 cm³/mol. The zero-order valence-corrected chi connectivity index (χ0v) is 38.5. The number of hydrogen-bond donors (Lipinski definition) is 1. The van der Waals surface area contributed by atoms with Crippen LogP contribution in [0.5, 0.6) is 0 Å². The first-order valence-electron chi connectivity index (χ1n) is 21.5. The van der Waals surface area contributed by atoms with Gasteiger partial charge in [-0.1, -0.05) is 65.0 Å². The van der Waals surface area contributed by atoms with Crippen LogP contribution in [0.15, 0.2) is 78.1 Å². The van der Waals surface area contributed by atoms with Gasteiger partial charge in [-0.3, -0.25) is 34.2 Å².